The Bertz CT molecular complexity index is 945. The van der Waals surface area contributed by atoms with Crippen LogP contribution in [0.4, 0.5) is 5.13 Å². The first-order valence-electron chi connectivity index (χ1n) is 8.47. The summed E-state index contributed by atoms with van der Waals surface area (Å²) in [4.78, 5) is 31.1. The number of hydrogen-bond acceptors (Lipinski definition) is 5. The second-order valence-electron chi connectivity index (χ2n) is 6.05. The number of benzene rings is 2. The lowest BCUT2D eigenvalue weighted by atomic mass is 10.1. The zero-order valence-electron chi connectivity index (χ0n) is 14.4. The fourth-order valence-corrected chi connectivity index (χ4v) is 4.71. The molecule has 0 saturated carbocycles. The van der Waals surface area contributed by atoms with Gasteiger partial charge in [-0.15, -0.1) is 23.1 Å². The van der Waals surface area contributed by atoms with Crippen LogP contribution in [0.15, 0.2) is 66.2 Å². The van der Waals surface area contributed by atoms with E-state index in [9.17, 15) is 9.59 Å². The highest BCUT2D eigenvalue weighted by Gasteiger charge is 2.36. The van der Waals surface area contributed by atoms with Gasteiger partial charge in [-0.3, -0.25) is 9.59 Å². The second kappa shape index (κ2) is 7.94. The molecule has 0 spiro atoms. The van der Waals surface area contributed by atoms with Crippen LogP contribution < -0.4 is 5.32 Å². The Morgan fingerprint density at radius 1 is 1.15 bits per heavy atom. The summed E-state index contributed by atoms with van der Waals surface area (Å²) in [5.41, 5.74) is 2.74. The van der Waals surface area contributed by atoms with Crippen molar-refractivity contribution in [1.29, 1.82) is 0 Å². The minimum atomic E-state index is -0.184. The third-order valence-electron chi connectivity index (χ3n) is 4.25. The first kappa shape index (κ1) is 17.8. The number of nitrogens with one attached hydrogen (secondary N) is 1. The van der Waals surface area contributed by atoms with Gasteiger partial charge in [0.25, 0.3) is 5.91 Å². The standard InChI is InChI=1S/C20H17N3O2S2/c24-17(22-20-21-10-11-26-20)13-27-19-16-9-5-4-8-15(16)18(25)23(19)12-14-6-2-1-3-7-14/h1-11,19H,12-13H2,(H,21,22,24)/t19-/m1/s1. The largest absolute Gasteiger partial charge is 0.318 e. The van der Waals surface area contributed by atoms with Gasteiger partial charge in [0.2, 0.25) is 5.91 Å². The molecule has 0 fully saturated rings. The fourth-order valence-electron chi connectivity index (χ4n) is 3.05. The van der Waals surface area contributed by atoms with Gasteiger partial charge in [-0.25, -0.2) is 4.98 Å². The first-order valence-corrected chi connectivity index (χ1v) is 10.4. The van der Waals surface area contributed by atoms with Crippen LogP contribution >= 0.6 is 23.1 Å². The number of anilines is 1. The predicted octanol–water partition coefficient (Wildman–Crippen LogP) is 4.17. The highest BCUT2D eigenvalue weighted by atomic mass is 32.2. The smallest absolute Gasteiger partial charge is 0.255 e. The summed E-state index contributed by atoms with van der Waals surface area (Å²) >= 11 is 2.84. The van der Waals surface area contributed by atoms with Gasteiger partial charge in [0.1, 0.15) is 5.37 Å². The monoisotopic (exact) mass is 395 g/mol. The third kappa shape index (κ3) is 3.89. The van der Waals surface area contributed by atoms with E-state index in [1.807, 2.05) is 64.9 Å². The lowest BCUT2D eigenvalue weighted by Gasteiger charge is -2.25. The van der Waals surface area contributed by atoms with Crippen LogP contribution in [0.25, 0.3) is 0 Å². The molecule has 3 aromatic rings. The number of fused-ring (bicyclic) bond motifs is 1. The van der Waals surface area contributed by atoms with Gasteiger partial charge in [-0.05, 0) is 17.2 Å². The molecule has 0 aliphatic carbocycles. The Labute approximate surface area is 165 Å². The van der Waals surface area contributed by atoms with Crippen molar-refractivity contribution >= 4 is 40.0 Å². The minimum Gasteiger partial charge on any atom is -0.318 e. The van der Waals surface area contributed by atoms with E-state index < -0.39 is 0 Å². The lowest BCUT2D eigenvalue weighted by Crippen LogP contribution is -2.27. The van der Waals surface area contributed by atoms with Crippen molar-refractivity contribution in [3.63, 3.8) is 0 Å². The Morgan fingerprint density at radius 3 is 2.70 bits per heavy atom. The number of aromatic nitrogens is 1. The number of rotatable bonds is 6. The van der Waals surface area contributed by atoms with E-state index in [1.54, 1.807) is 6.20 Å². The summed E-state index contributed by atoms with van der Waals surface area (Å²) in [6.45, 7) is 0.514. The third-order valence-corrected chi connectivity index (χ3v) is 6.19. The van der Waals surface area contributed by atoms with Crippen molar-refractivity contribution in [3.8, 4) is 0 Å². The molecule has 2 aromatic carbocycles. The van der Waals surface area contributed by atoms with Gasteiger partial charge in [0.05, 0.1) is 5.75 Å². The van der Waals surface area contributed by atoms with Gasteiger partial charge in [0.15, 0.2) is 5.13 Å². The summed E-state index contributed by atoms with van der Waals surface area (Å²) in [7, 11) is 0. The van der Waals surface area contributed by atoms with E-state index in [4.69, 9.17) is 0 Å². The molecule has 2 amide bonds. The van der Waals surface area contributed by atoms with Crippen LogP contribution in [0.1, 0.15) is 26.9 Å². The Balaban J connectivity index is 1.51. The summed E-state index contributed by atoms with van der Waals surface area (Å²) in [5, 5.41) is 5.01. The van der Waals surface area contributed by atoms with Crippen LogP contribution in [-0.4, -0.2) is 27.5 Å². The van der Waals surface area contributed by atoms with E-state index in [0.717, 1.165) is 11.1 Å². The molecular weight excluding hydrogens is 378 g/mol. The normalized spacial score (nSPS) is 15.6. The molecule has 1 N–H and O–H groups in total. The molecule has 2 heterocycles. The summed E-state index contributed by atoms with van der Waals surface area (Å²) in [6.07, 6.45) is 1.65. The van der Waals surface area contributed by atoms with Crippen molar-refractivity contribution in [2.24, 2.45) is 0 Å². The molecule has 4 rings (SSSR count). The minimum absolute atomic E-state index is 0.00675. The lowest BCUT2D eigenvalue weighted by molar-refractivity contribution is -0.113. The Hall–Kier alpha value is -2.64. The average molecular weight is 396 g/mol. The number of carbonyl (C=O) groups excluding carboxylic acids is 2. The van der Waals surface area contributed by atoms with Crippen LogP contribution in [0.5, 0.6) is 0 Å². The molecule has 1 atom stereocenters. The van der Waals surface area contributed by atoms with E-state index >= 15 is 0 Å². The Kier molecular flexibility index (Phi) is 5.22. The first-order chi connectivity index (χ1) is 13.2. The zero-order valence-corrected chi connectivity index (χ0v) is 16.0. The van der Waals surface area contributed by atoms with Gasteiger partial charge in [-0.1, -0.05) is 48.5 Å². The number of thioether (sulfide) groups is 1. The predicted molar refractivity (Wildman–Crippen MR) is 109 cm³/mol. The molecule has 5 nitrogen and oxygen atoms in total. The molecule has 7 heteroatoms. The molecule has 0 radical (unpaired) electrons. The molecule has 0 unspecified atom stereocenters. The highest BCUT2D eigenvalue weighted by Crippen LogP contribution is 2.42. The molecule has 136 valence electrons. The molecule has 1 aliphatic rings. The number of amides is 2. The van der Waals surface area contributed by atoms with Crippen LogP contribution in [0.3, 0.4) is 0 Å². The zero-order chi connectivity index (χ0) is 18.6. The average Bonchev–Trinajstić information content (AvgIpc) is 3.29. The second-order valence-corrected chi connectivity index (χ2v) is 8.02. The van der Waals surface area contributed by atoms with Crippen molar-refractivity contribution < 1.29 is 9.59 Å². The van der Waals surface area contributed by atoms with Gasteiger partial charge < -0.3 is 10.2 Å². The summed E-state index contributed by atoms with van der Waals surface area (Å²) in [6, 6.07) is 17.5. The van der Waals surface area contributed by atoms with Crippen LogP contribution in [-0.2, 0) is 11.3 Å². The van der Waals surface area contributed by atoms with Crippen molar-refractivity contribution in [2.45, 2.75) is 11.9 Å². The summed E-state index contributed by atoms with van der Waals surface area (Å²) < 4.78 is 0. The quantitative estimate of drug-likeness (QED) is 0.680. The molecule has 0 bridgehead atoms. The van der Waals surface area contributed by atoms with Crippen LogP contribution in [0.2, 0.25) is 0 Å². The molecule has 1 aliphatic heterocycles. The van der Waals surface area contributed by atoms with Gasteiger partial charge >= 0.3 is 0 Å². The Morgan fingerprint density at radius 2 is 1.93 bits per heavy atom. The molecule has 0 saturated heterocycles. The highest BCUT2D eigenvalue weighted by molar-refractivity contribution is 8.00. The van der Waals surface area contributed by atoms with E-state index in [0.29, 0.717) is 17.2 Å². The van der Waals surface area contributed by atoms with Crippen molar-refractivity contribution in [3.05, 3.63) is 82.9 Å². The number of nitrogens with zero attached hydrogens (tertiary/aromatic N) is 2. The van der Waals surface area contributed by atoms with E-state index in [2.05, 4.69) is 10.3 Å². The SMILES string of the molecule is O=C(CS[C@@H]1c2ccccc2C(=O)N1Cc1ccccc1)Nc1nccs1. The van der Waals surface area contributed by atoms with E-state index in [1.165, 1.54) is 23.1 Å². The molecular formula is C20H17N3O2S2. The van der Waals surface area contributed by atoms with Crippen molar-refractivity contribution in [1.82, 2.24) is 9.88 Å². The maximum absolute atomic E-state index is 12.9. The maximum atomic E-state index is 12.9. The van der Waals surface area contributed by atoms with Gasteiger partial charge in [-0.2, -0.15) is 0 Å². The fraction of sp³-hybridized carbons (Fsp3) is 0.150. The van der Waals surface area contributed by atoms with Gasteiger partial charge in [0, 0.05) is 23.7 Å². The molecule has 1 aromatic heterocycles. The topological polar surface area (TPSA) is 62.3 Å². The van der Waals surface area contributed by atoms with Crippen LogP contribution in [0, 0.1) is 0 Å². The maximum Gasteiger partial charge on any atom is 0.255 e. The number of thiazole rings is 1. The summed E-state index contributed by atoms with van der Waals surface area (Å²) in [5.74, 6) is 0.135. The number of hydrogen-bond donors (Lipinski definition) is 1. The van der Waals surface area contributed by atoms with E-state index in [-0.39, 0.29) is 22.9 Å². The molecule has 27 heavy (non-hydrogen) atoms. The number of carbonyl (C=O) groups is 2. The van der Waals surface area contributed by atoms with Crippen molar-refractivity contribution in [2.75, 3.05) is 11.1 Å².